The number of amides is 1. The number of rotatable bonds is 4. The fraction of sp³-hybridized carbons (Fsp3) is 0.267. The zero-order chi connectivity index (χ0) is 13.9. The van der Waals surface area contributed by atoms with E-state index in [0.29, 0.717) is 18.2 Å². The molecule has 0 unspecified atom stereocenters. The summed E-state index contributed by atoms with van der Waals surface area (Å²) >= 11 is 0. The van der Waals surface area contributed by atoms with Gasteiger partial charge in [-0.15, -0.1) is 0 Å². The van der Waals surface area contributed by atoms with Crippen LogP contribution in [0.15, 0.2) is 42.7 Å². The normalized spacial score (nSPS) is 14.0. The molecule has 3 rings (SSSR count). The van der Waals surface area contributed by atoms with Crippen molar-refractivity contribution in [2.75, 3.05) is 5.73 Å². The number of hydrogen-bond donors (Lipinski definition) is 1. The maximum absolute atomic E-state index is 12.6. The number of nitrogen functional groups attached to an aromatic ring is 1. The largest absolute Gasteiger partial charge is 0.398 e. The number of benzene rings is 1. The monoisotopic (exact) mass is 268 g/mol. The molecule has 0 saturated heterocycles. The summed E-state index contributed by atoms with van der Waals surface area (Å²) in [5, 5.41) is 7.48. The molecule has 0 bridgehead atoms. The molecule has 1 aliphatic carbocycles. The van der Waals surface area contributed by atoms with E-state index >= 15 is 0 Å². The molecule has 1 heterocycles. The van der Waals surface area contributed by atoms with Crippen molar-refractivity contribution >= 4 is 11.6 Å². The number of nitrogens with two attached hydrogens (primary N) is 1. The summed E-state index contributed by atoms with van der Waals surface area (Å²) in [7, 11) is 0. The third kappa shape index (κ3) is 2.61. The van der Waals surface area contributed by atoms with Crippen molar-refractivity contribution in [1.82, 2.24) is 15.1 Å². The predicted octanol–water partition coefficient (Wildman–Crippen LogP) is 1.86. The Morgan fingerprint density at radius 1 is 1.25 bits per heavy atom. The van der Waals surface area contributed by atoms with Crippen LogP contribution in [0.2, 0.25) is 0 Å². The fourth-order valence-electron chi connectivity index (χ4n) is 2.20. The molecule has 2 N–H and O–H groups in total. The van der Waals surface area contributed by atoms with Crippen LogP contribution in [0, 0.1) is 0 Å². The molecule has 2 aromatic rings. The highest BCUT2D eigenvalue weighted by molar-refractivity contribution is 5.94. The average molecular weight is 268 g/mol. The molecular formula is C15H16N4O. The van der Waals surface area contributed by atoms with Crippen molar-refractivity contribution in [3.05, 3.63) is 53.9 Å². The van der Waals surface area contributed by atoms with Gasteiger partial charge in [0.15, 0.2) is 0 Å². The van der Waals surface area contributed by atoms with Gasteiger partial charge in [-0.1, -0.05) is 18.2 Å². The highest BCUT2D eigenvalue weighted by Crippen LogP contribution is 2.30. The minimum Gasteiger partial charge on any atom is -0.398 e. The van der Waals surface area contributed by atoms with E-state index in [1.165, 1.54) is 12.4 Å². The van der Waals surface area contributed by atoms with Gasteiger partial charge in [-0.3, -0.25) is 4.79 Å². The summed E-state index contributed by atoms with van der Waals surface area (Å²) in [6.07, 6.45) is 5.15. The van der Waals surface area contributed by atoms with Crippen LogP contribution in [0.25, 0.3) is 0 Å². The lowest BCUT2D eigenvalue weighted by Gasteiger charge is -2.23. The minimum atomic E-state index is -0.00865. The predicted molar refractivity (Wildman–Crippen MR) is 75.8 cm³/mol. The summed E-state index contributed by atoms with van der Waals surface area (Å²) in [6.45, 7) is 0.540. The third-order valence-electron chi connectivity index (χ3n) is 3.48. The zero-order valence-electron chi connectivity index (χ0n) is 11.1. The number of carbonyl (C=O) groups is 1. The first-order valence-corrected chi connectivity index (χ1v) is 6.67. The smallest absolute Gasteiger partial charge is 0.256 e. The van der Waals surface area contributed by atoms with Gasteiger partial charge in [0.2, 0.25) is 0 Å². The maximum atomic E-state index is 12.6. The molecule has 1 aromatic heterocycles. The molecule has 5 heteroatoms. The van der Waals surface area contributed by atoms with Gasteiger partial charge in [0.25, 0.3) is 5.91 Å². The van der Waals surface area contributed by atoms with Crippen LogP contribution in [0.1, 0.15) is 28.8 Å². The molecule has 20 heavy (non-hydrogen) atoms. The van der Waals surface area contributed by atoms with Crippen LogP contribution in [-0.2, 0) is 6.54 Å². The second-order valence-electron chi connectivity index (χ2n) is 4.99. The van der Waals surface area contributed by atoms with Crippen LogP contribution in [-0.4, -0.2) is 27.0 Å². The first kappa shape index (κ1) is 12.6. The van der Waals surface area contributed by atoms with Gasteiger partial charge in [0, 0.05) is 18.3 Å². The lowest BCUT2D eigenvalue weighted by molar-refractivity contribution is 0.0729. The molecular weight excluding hydrogens is 252 g/mol. The Kier molecular flexibility index (Phi) is 3.33. The van der Waals surface area contributed by atoms with Gasteiger partial charge in [-0.05, 0) is 30.5 Å². The quantitative estimate of drug-likeness (QED) is 0.859. The SMILES string of the molecule is Nc1ccccc1CN(C(=O)c1ccnnc1)C1CC1. The number of nitrogens with zero attached hydrogens (tertiary/aromatic N) is 3. The Bertz CT molecular complexity index is 610. The Hall–Kier alpha value is -2.43. The van der Waals surface area contributed by atoms with E-state index in [2.05, 4.69) is 10.2 Å². The molecule has 0 radical (unpaired) electrons. The van der Waals surface area contributed by atoms with E-state index < -0.39 is 0 Å². The Balaban J connectivity index is 1.83. The second kappa shape index (κ2) is 5.28. The van der Waals surface area contributed by atoms with Crippen molar-refractivity contribution in [3.63, 3.8) is 0 Å². The third-order valence-corrected chi connectivity index (χ3v) is 3.48. The molecule has 0 atom stereocenters. The number of para-hydroxylation sites is 1. The first-order chi connectivity index (χ1) is 9.75. The Morgan fingerprint density at radius 3 is 2.70 bits per heavy atom. The molecule has 1 aliphatic rings. The molecule has 5 nitrogen and oxygen atoms in total. The lowest BCUT2D eigenvalue weighted by Crippen LogP contribution is -2.33. The lowest BCUT2D eigenvalue weighted by atomic mass is 10.1. The van der Waals surface area contributed by atoms with Crippen molar-refractivity contribution < 1.29 is 4.79 Å². The van der Waals surface area contributed by atoms with E-state index in [9.17, 15) is 4.79 Å². The number of carbonyl (C=O) groups excluding carboxylic acids is 1. The zero-order valence-corrected chi connectivity index (χ0v) is 11.1. The molecule has 0 spiro atoms. The number of aromatic nitrogens is 2. The minimum absolute atomic E-state index is 0.00865. The first-order valence-electron chi connectivity index (χ1n) is 6.67. The van der Waals surface area contributed by atoms with E-state index in [4.69, 9.17) is 5.73 Å². The molecule has 102 valence electrons. The molecule has 1 saturated carbocycles. The van der Waals surface area contributed by atoms with Crippen molar-refractivity contribution in [2.24, 2.45) is 0 Å². The maximum Gasteiger partial charge on any atom is 0.256 e. The van der Waals surface area contributed by atoms with Crippen LogP contribution in [0.5, 0.6) is 0 Å². The van der Waals surface area contributed by atoms with Crippen molar-refractivity contribution in [2.45, 2.75) is 25.4 Å². The standard InChI is InChI=1S/C15H16N4O/c16-14-4-2-1-3-12(14)10-19(13-5-6-13)15(20)11-7-8-17-18-9-11/h1-4,7-9,13H,5-6,10,16H2. The van der Waals surface area contributed by atoms with E-state index in [-0.39, 0.29) is 5.91 Å². The Morgan fingerprint density at radius 2 is 2.05 bits per heavy atom. The second-order valence-corrected chi connectivity index (χ2v) is 4.99. The van der Waals surface area contributed by atoms with Gasteiger partial charge < -0.3 is 10.6 Å². The summed E-state index contributed by atoms with van der Waals surface area (Å²) < 4.78 is 0. The number of hydrogen-bond acceptors (Lipinski definition) is 4. The molecule has 1 amide bonds. The highest BCUT2D eigenvalue weighted by Gasteiger charge is 2.33. The fourth-order valence-corrected chi connectivity index (χ4v) is 2.20. The summed E-state index contributed by atoms with van der Waals surface area (Å²) in [4.78, 5) is 14.4. The van der Waals surface area contributed by atoms with Crippen molar-refractivity contribution in [3.8, 4) is 0 Å². The van der Waals surface area contributed by atoms with Crippen LogP contribution in [0.3, 0.4) is 0 Å². The van der Waals surface area contributed by atoms with E-state index in [0.717, 1.165) is 24.1 Å². The summed E-state index contributed by atoms with van der Waals surface area (Å²) in [6, 6.07) is 9.67. The van der Waals surface area contributed by atoms with Gasteiger partial charge in [-0.2, -0.15) is 10.2 Å². The van der Waals surface area contributed by atoms with E-state index in [1.54, 1.807) is 6.07 Å². The Labute approximate surface area is 117 Å². The molecule has 1 aromatic carbocycles. The summed E-state index contributed by atoms with van der Waals surface area (Å²) in [5.74, 6) is -0.00865. The van der Waals surface area contributed by atoms with Gasteiger partial charge >= 0.3 is 0 Å². The number of anilines is 1. The highest BCUT2D eigenvalue weighted by atomic mass is 16.2. The average Bonchev–Trinajstić information content (AvgIpc) is 3.31. The topological polar surface area (TPSA) is 72.1 Å². The molecule has 1 fully saturated rings. The van der Waals surface area contributed by atoms with Crippen LogP contribution >= 0.6 is 0 Å². The molecule has 0 aliphatic heterocycles. The van der Waals surface area contributed by atoms with Crippen LogP contribution < -0.4 is 5.73 Å². The van der Waals surface area contributed by atoms with E-state index in [1.807, 2.05) is 29.2 Å². The van der Waals surface area contributed by atoms with Gasteiger partial charge in [-0.25, -0.2) is 0 Å². The van der Waals surface area contributed by atoms with Crippen molar-refractivity contribution in [1.29, 1.82) is 0 Å². The van der Waals surface area contributed by atoms with Gasteiger partial charge in [0.1, 0.15) is 0 Å². The van der Waals surface area contributed by atoms with Crippen LogP contribution in [0.4, 0.5) is 5.69 Å². The summed E-state index contributed by atoms with van der Waals surface area (Å²) in [5.41, 5.74) is 8.24. The van der Waals surface area contributed by atoms with Gasteiger partial charge in [0.05, 0.1) is 18.0 Å².